The molecule has 0 atom stereocenters. The molecule has 0 aliphatic heterocycles. The number of hydrogen-bond acceptors (Lipinski definition) is 9. The Morgan fingerprint density at radius 2 is 1.57 bits per heavy atom. The number of carbonyl (C=O) groups excluding carboxylic acids is 3. The fraction of sp³-hybridized carbons (Fsp3) is 0.353. The van der Waals surface area contributed by atoms with Crippen LogP contribution in [0, 0.1) is 12.8 Å². The number of alkyl halides is 6. The summed E-state index contributed by atoms with van der Waals surface area (Å²) in [6.45, 7) is 11.3. The summed E-state index contributed by atoms with van der Waals surface area (Å²) in [5, 5.41) is 29.0. The van der Waals surface area contributed by atoms with Gasteiger partial charge < -0.3 is 45.9 Å². The average Bonchev–Trinajstić information content (AvgIpc) is 3.04. The van der Waals surface area contributed by atoms with Crippen molar-refractivity contribution in [2.24, 2.45) is 4.99 Å². The number of nitrogens with zero attached hydrogens (tertiary/aromatic N) is 2. The zero-order chi connectivity index (χ0) is 38.5. The zero-order valence-electron chi connectivity index (χ0n) is 28.0. The molecule has 0 saturated heterocycles. The molecule has 0 spiro atoms. The Morgan fingerprint density at radius 1 is 0.961 bits per heavy atom. The van der Waals surface area contributed by atoms with Crippen molar-refractivity contribution in [3.63, 3.8) is 0 Å². The molecule has 1 radical (unpaired) electrons. The van der Waals surface area contributed by atoms with Crippen molar-refractivity contribution in [1.29, 1.82) is 0 Å². The molecule has 0 bridgehead atoms. The molecule has 275 valence electrons. The third-order valence-corrected chi connectivity index (χ3v) is 6.86. The lowest BCUT2D eigenvalue weighted by molar-refractivity contribution is -0.344. The summed E-state index contributed by atoms with van der Waals surface area (Å²) in [7, 11) is 0. The highest BCUT2D eigenvalue weighted by molar-refractivity contribution is 6.23. The Labute approximate surface area is 288 Å². The van der Waals surface area contributed by atoms with Gasteiger partial charge in [0.05, 0.1) is 16.8 Å². The number of halogens is 6. The molecule has 3 aromatic rings. The lowest BCUT2D eigenvalue weighted by Gasteiger charge is -2.12. The number of rotatable bonds is 10. The van der Waals surface area contributed by atoms with E-state index >= 15 is 0 Å². The maximum Gasteiger partial charge on any atom is 0.430 e. The van der Waals surface area contributed by atoms with E-state index in [9.17, 15) is 31.1 Å². The van der Waals surface area contributed by atoms with E-state index in [1.54, 1.807) is 0 Å². The minimum Gasteiger partial charge on any atom is -0.807 e. The Morgan fingerprint density at radius 3 is 2.12 bits per heavy atom. The molecule has 1 aliphatic rings. The summed E-state index contributed by atoms with van der Waals surface area (Å²) in [5.74, 6) is -5.10. The van der Waals surface area contributed by atoms with Crippen molar-refractivity contribution in [2.75, 3.05) is 44.6 Å². The van der Waals surface area contributed by atoms with Crippen molar-refractivity contribution in [1.82, 2.24) is 10.6 Å². The Hall–Kier alpha value is -5.16. The van der Waals surface area contributed by atoms with Crippen LogP contribution in [0.3, 0.4) is 0 Å². The SMILES string of the molecule is CCN=C1C=c2oc3cc(NCC)c(C)cc3[c+](-c3ccccc3C(=O)NCCNCC[N-])c2=C[C+]1C.O=C([O-])C(F)(F)F.O=C([O-])C(F)(F)F. The minimum atomic E-state index is -5.19. The maximum atomic E-state index is 13.3. The molecule has 0 saturated carbocycles. The van der Waals surface area contributed by atoms with Gasteiger partial charge in [0, 0.05) is 45.2 Å². The van der Waals surface area contributed by atoms with E-state index in [-0.39, 0.29) is 12.5 Å². The van der Waals surface area contributed by atoms with Crippen LogP contribution < -0.4 is 36.8 Å². The van der Waals surface area contributed by atoms with Crippen molar-refractivity contribution >= 4 is 52.4 Å². The van der Waals surface area contributed by atoms with E-state index < -0.39 is 24.3 Å². The first-order valence-electron chi connectivity index (χ1n) is 15.4. The number of anilines is 1. The number of aliphatic carboxylic acids is 2. The maximum absolute atomic E-state index is 13.3. The van der Waals surface area contributed by atoms with Crippen molar-refractivity contribution in [2.45, 2.75) is 40.0 Å². The third-order valence-electron chi connectivity index (χ3n) is 6.86. The first-order chi connectivity index (χ1) is 23.9. The molecule has 11 nitrogen and oxygen atoms in total. The molecule has 1 aliphatic carbocycles. The van der Waals surface area contributed by atoms with Gasteiger partial charge in [-0.3, -0.25) is 9.79 Å². The largest absolute Gasteiger partial charge is 0.807 e. The number of carboxylic acid groups (broad SMARTS) is 2. The summed E-state index contributed by atoms with van der Waals surface area (Å²) >= 11 is 0. The first-order valence-corrected chi connectivity index (χ1v) is 15.4. The van der Waals surface area contributed by atoms with E-state index in [4.69, 9.17) is 30.0 Å². The Kier molecular flexibility index (Phi) is 15.4. The molecule has 2 aromatic carbocycles. The van der Waals surface area contributed by atoms with Gasteiger partial charge >= 0.3 is 12.4 Å². The van der Waals surface area contributed by atoms with Crippen LogP contribution in [0.15, 0.2) is 45.8 Å². The smallest absolute Gasteiger partial charge is 0.430 e. The molecule has 1 amide bonds. The van der Waals surface area contributed by atoms with Gasteiger partial charge in [-0.1, -0.05) is 6.07 Å². The average molecular weight is 724 g/mol. The number of carbonyl (C=O) groups is 3. The molecular weight excluding hydrogens is 688 g/mol. The van der Waals surface area contributed by atoms with E-state index in [0.717, 1.165) is 62.2 Å². The van der Waals surface area contributed by atoms with Crippen LogP contribution in [-0.4, -0.2) is 75.2 Å². The summed E-state index contributed by atoms with van der Waals surface area (Å²) in [6.07, 6.45) is -6.28. The van der Waals surface area contributed by atoms with E-state index in [1.165, 1.54) is 0 Å². The van der Waals surface area contributed by atoms with Gasteiger partial charge in [0.25, 0.3) is 11.3 Å². The molecular formula is C34H35F6N5O6-. The number of nitrogens with one attached hydrogen (secondary N) is 3. The van der Waals surface area contributed by atoms with Crippen LogP contribution in [0.5, 0.6) is 0 Å². The number of aryl methyl sites for hydroxylation is 1. The fourth-order valence-electron chi connectivity index (χ4n) is 4.66. The second kappa shape index (κ2) is 18.7. The van der Waals surface area contributed by atoms with Crippen LogP contribution in [0.1, 0.15) is 36.7 Å². The van der Waals surface area contributed by atoms with Crippen molar-refractivity contribution in [3.8, 4) is 11.1 Å². The fourth-order valence-corrected chi connectivity index (χ4v) is 4.66. The van der Waals surface area contributed by atoms with Gasteiger partial charge in [0.2, 0.25) is 5.22 Å². The highest BCUT2D eigenvalue weighted by Crippen LogP contribution is 2.32. The Balaban J connectivity index is 0.000000543. The highest BCUT2D eigenvalue weighted by Gasteiger charge is 2.31. The standard InChI is InChI=1S/C30H34N5O2.2C2HF3O2/c1-5-33-25-17-27-23(15-19(25)3)29(24-16-20(4)26(34-6-2)18-28(24)37-27)21-9-7-8-10-22(21)30(36)35-14-13-32-12-11-31;2*3-2(4,5)1(6)7/h7-10,15-18,32-33H,5-6,11-14H2,1-4H3;2*(H,6,7)/p-1. The van der Waals surface area contributed by atoms with Gasteiger partial charge in [0.15, 0.2) is 11.3 Å². The minimum absolute atomic E-state index is 0.0670. The molecule has 1 heterocycles. The normalized spacial score (nSPS) is 13.1. The second-order valence-corrected chi connectivity index (χ2v) is 10.6. The van der Waals surface area contributed by atoms with Crippen LogP contribution in [0.2, 0.25) is 0 Å². The molecule has 1 aromatic heterocycles. The zero-order valence-corrected chi connectivity index (χ0v) is 28.0. The van der Waals surface area contributed by atoms with Crippen LogP contribution in [-0.2, 0) is 9.59 Å². The lowest BCUT2D eigenvalue weighted by Crippen LogP contribution is -2.37. The summed E-state index contributed by atoms with van der Waals surface area (Å²) in [4.78, 5) is 35.5. The molecule has 51 heavy (non-hydrogen) atoms. The number of benzene rings is 2. The number of fused-ring (bicyclic) bond motifs is 2. The third kappa shape index (κ3) is 12.0. The topological polar surface area (TPSA) is 181 Å². The van der Waals surface area contributed by atoms with Crippen molar-refractivity contribution in [3.05, 3.63) is 69.8 Å². The van der Waals surface area contributed by atoms with E-state index in [1.807, 2.05) is 43.3 Å². The monoisotopic (exact) mass is 723 g/mol. The summed E-state index contributed by atoms with van der Waals surface area (Å²) < 4.78 is 69.6. The quantitative estimate of drug-likeness (QED) is 0.162. The lowest BCUT2D eigenvalue weighted by atomic mass is 9.90. The van der Waals surface area contributed by atoms with Crippen LogP contribution >= 0.6 is 0 Å². The van der Waals surface area contributed by atoms with Gasteiger partial charge in [-0.15, -0.1) is 0 Å². The van der Waals surface area contributed by atoms with E-state index in [2.05, 4.69) is 53.9 Å². The number of aliphatic imine (C=N–C) groups is 1. The number of carboxylic acids is 2. The number of amides is 1. The predicted octanol–water partition coefficient (Wildman–Crippen LogP) is 2.51. The van der Waals surface area contributed by atoms with Crippen molar-refractivity contribution < 1.29 is 55.4 Å². The van der Waals surface area contributed by atoms with Gasteiger partial charge in [-0.05, 0) is 51.1 Å². The number of hydrogen-bond donors (Lipinski definition) is 3. The second-order valence-electron chi connectivity index (χ2n) is 10.6. The highest BCUT2D eigenvalue weighted by atomic mass is 19.4. The summed E-state index contributed by atoms with van der Waals surface area (Å²) in [5.41, 5.74) is 15.9. The first kappa shape index (κ1) is 42.0. The predicted molar refractivity (Wildman–Crippen MR) is 176 cm³/mol. The van der Waals surface area contributed by atoms with Gasteiger partial charge in [-0.2, -0.15) is 32.9 Å². The molecule has 4 rings (SSSR count). The van der Waals surface area contributed by atoms with Gasteiger partial charge in [0.1, 0.15) is 41.0 Å². The van der Waals surface area contributed by atoms with Crippen LogP contribution in [0.25, 0.3) is 40.0 Å². The van der Waals surface area contributed by atoms with E-state index in [0.29, 0.717) is 31.7 Å². The molecule has 0 unspecified atom stereocenters. The Bertz CT molecular complexity index is 1840. The summed E-state index contributed by atoms with van der Waals surface area (Å²) in [6, 6.07) is 11.9. The molecule has 0 fully saturated rings. The van der Waals surface area contributed by atoms with Crippen LogP contribution in [0.4, 0.5) is 32.0 Å². The molecule has 3 N–H and O–H groups in total. The molecule has 17 heteroatoms. The van der Waals surface area contributed by atoms with Gasteiger partial charge in [-0.25, -0.2) is 0 Å².